The number of nitrogens with zero attached hydrogens (tertiary/aromatic N) is 2. The number of benzene rings is 2. The van der Waals surface area contributed by atoms with E-state index in [0.29, 0.717) is 30.2 Å². The number of carbonyl (C=O) groups is 2. The van der Waals surface area contributed by atoms with E-state index in [1.54, 1.807) is 0 Å². The predicted octanol–water partition coefficient (Wildman–Crippen LogP) is 4.81. The van der Waals surface area contributed by atoms with Crippen LogP contribution in [0.25, 0.3) is 0 Å². The third kappa shape index (κ3) is 4.39. The fourth-order valence-electron chi connectivity index (χ4n) is 3.83. The number of amides is 2. The van der Waals surface area contributed by atoms with Gasteiger partial charge < -0.3 is 9.80 Å². The van der Waals surface area contributed by atoms with Crippen molar-refractivity contribution in [3.63, 3.8) is 0 Å². The van der Waals surface area contributed by atoms with Crippen LogP contribution in [0.3, 0.4) is 0 Å². The van der Waals surface area contributed by atoms with Gasteiger partial charge in [0.05, 0.1) is 0 Å². The average molecular weight is 399 g/mol. The zero-order chi connectivity index (χ0) is 20.1. The van der Waals surface area contributed by atoms with Crippen LogP contribution in [0.5, 0.6) is 0 Å². The van der Waals surface area contributed by atoms with E-state index in [2.05, 4.69) is 6.92 Å². The van der Waals surface area contributed by atoms with Crippen molar-refractivity contribution < 1.29 is 9.59 Å². The first-order valence-corrected chi connectivity index (χ1v) is 10.3. The summed E-state index contributed by atoms with van der Waals surface area (Å²) in [7, 11) is 0. The number of hydrogen-bond acceptors (Lipinski definition) is 2. The molecule has 5 heteroatoms. The molecule has 0 atom stereocenters. The largest absolute Gasteiger partial charge is 0.338 e. The summed E-state index contributed by atoms with van der Waals surface area (Å²) in [5.41, 5.74) is 2.22. The van der Waals surface area contributed by atoms with Gasteiger partial charge in [0, 0.05) is 41.8 Å². The molecule has 2 amide bonds. The van der Waals surface area contributed by atoms with Gasteiger partial charge in [-0.05, 0) is 56.0 Å². The molecule has 2 aromatic carbocycles. The Morgan fingerprint density at radius 2 is 1.75 bits per heavy atom. The van der Waals surface area contributed by atoms with E-state index in [4.69, 9.17) is 11.6 Å². The molecule has 148 valence electrons. The highest BCUT2D eigenvalue weighted by Gasteiger charge is 2.30. The van der Waals surface area contributed by atoms with Crippen molar-refractivity contribution in [2.45, 2.75) is 39.2 Å². The Kier molecular flexibility index (Phi) is 6.74. The number of hydrogen-bond donors (Lipinski definition) is 0. The number of halogens is 1. The summed E-state index contributed by atoms with van der Waals surface area (Å²) in [5.74, 6) is 0.104. The van der Waals surface area contributed by atoms with Crippen LogP contribution >= 0.6 is 11.6 Å². The second-order valence-electron chi connectivity index (χ2n) is 7.30. The van der Waals surface area contributed by atoms with Crippen molar-refractivity contribution in [2.24, 2.45) is 0 Å². The first-order chi connectivity index (χ1) is 13.5. The molecule has 0 saturated carbocycles. The molecule has 0 spiro atoms. The molecule has 3 rings (SSSR count). The first-order valence-electron chi connectivity index (χ1n) is 9.93. The van der Waals surface area contributed by atoms with E-state index < -0.39 is 0 Å². The standard InChI is InChI=1S/C23H27ClN2O2/c1-3-14-26(23(28)20-10-7-11-21(24)17(20)2)19-12-15-25(16-13-19)22(27)18-8-5-4-6-9-18/h4-11,19H,3,12-16H2,1-2H3. The second kappa shape index (κ2) is 9.24. The Morgan fingerprint density at radius 3 is 2.39 bits per heavy atom. The molecule has 28 heavy (non-hydrogen) atoms. The Bertz CT molecular complexity index is 830. The minimum Gasteiger partial charge on any atom is -0.338 e. The smallest absolute Gasteiger partial charge is 0.254 e. The lowest BCUT2D eigenvalue weighted by Crippen LogP contribution is -2.49. The van der Waals surface area contributed by atoms with Crippen LogP contribution in [0.1, 0.15) is 52.5 Å². The molecule has 0 N–H and O–H groups in total. The molecule has 1 saturated heterocycles. The summed E-state index contributed by atoms with van der Waals surface area (Å²) >= 11 is 6.22. The molecule has 4 nitrogen and oxygen atoms in total. The molecule has 1 heterocycles. The monoisotopic (exact) mass is 398 g/mol. The maximum absolute atomic E-state index is 13.2. The van der Waals surface area contributed by atoms with Crippen molar-refractivity contribution in [3.8, 4) is 0 Å². The Hall–Kier alpha value is -2.33. The highest BCUT2D eigenvalue weighted by atomic mass is 35.5. The van der Waals surface area contributed by atoms with Gasteiger partial charge in [-0.15, -0.1) is 0 Å². The maximum Gasteiger partial charge on any atom is 0.254 e. The molecule has 2 aromatic rings. The van der Waals surface area contributed by atoms with Gasteiger partial charge in [-0.1, -0.05) is 42.8 Å². The molecule has 0 bridgehead atoms. The van der Waals surface area contributed by atoms with Gasteiger partial charge in [-0.3, -0.25) is 9.59 Å². The molecule has 0 aromatic heterocycles. The van der Waals surface area contributed by atoms with E-state index in [9.17, 15) is 9.59 Å². The summed E-state index contributed by atoms with van der Waals surface area (Å²) in [6.07, 6.45) is 2.49. The van der Waals surface area contributed by atoms with Crippen molar-refractivity contribution in [2.75, 3.05) is 19.6 Å². The van der Waals surface area contributed by atoms with Crippen LogP contribution in [0.15, 0.2) is 48.5 Å². The first kappa shape index (κ1) is 20.4. The minimum atomic E-state index is 0.0367. The van der Waals surface area contributed by atoms with E-state index in [1.165, 1.54) is 0 Å². The lowest BCUT2D eigenvalue weighted by molar-refractivity contribution is 0.0519. The van der Waals surface area contributed by atoms with Crippen LogP contribution in [0, 0.1) is 6.92 Å². The molecule has 0 unspecified atom stereocenters. The van der Waals surface area contributed by atoms with Gasteiger partial charge in [0.1, 0.15) is 0 Å². The normalized spacial score (nSPS) is 14.8. The Morgan fingerprint density at radius 1 is 1.07 bits per heavy atom. The quantitative estimate of drug-likeness (QED) is 0.725. The highest BCUT2D eigenvalue weighted by molar-refractivity contribution is 6.31. The Labute approximate surface area is 172 Å². The molecule has 1 fully saturated rings. The lowest BCUT2D eigenvalue weighted by atomic mass is 9.99. The van der Waals surface area contributed by atoms with Crippen molar-refractivity contribution >= 4 is 23.4 Å². The average Bonchev–Trinajstić information content (AvgIpc) is 2.74. The van der Waals surface area contributed by atoms with Gasteiger partial charge in [-0.25, -0.2) is 0 Å². The highest BCUT2D eigenvalue weighted by Crippen LogP contribution is 2.24. The summed E-state index contributed by atoms with van der Waals surface area (Å²) in [6, 6.07) is 15.0. The zero-order valence-corrected chi connectivity index (χ0v) is 17.3. The molecular weight excluding hydrogens is 372 g/mol. The maximum atomic E-state index is 13.2. The number of carbonyl (C=O) groups excluding carboxylic acids is 2. The van der Waals surface area contributed by atoms with Gasteiger partial charge in [-0.2, -0.15) is 0 Å². The summed E-state index contributed by atoms with van der Waals surface area (Å²) in [5, 5.41) is 0.616. The molecular formula is C23H27ClN2O2. The van der Waals surface area contributed by atoms with Crippen LogP contribution in [0.2, 0.25) is 5.02 Å². The Balaban J connectivity index is 1.70. The van der Waals surface area contributed by atoms with Gasteiger partial charge in [0.25, 0.3) is 11.8 Å². The lowest BCUT2D eigenvalue weighted by Gasteiger charge is -2.39. The fraction of sp³-hybridized carbons (Fsp3) is 0.391. The van der Waals surface area contributed by atoms with Crippen LogP contribution in [-0.2, 0) is 0 Å². The number of rotatable bonds is 5. The number of likely N-dealkylation sites (tertiary alicyclic amines) is 1. The predicted molar refractivity (Wildman–Crippen MR) is 113 cm³/mol. The van der Waals surface area contributed by atoms with E-state index in [0.717, 1.165) is 30.4 Å². The fourth-order valence-corrected chi connectivity index (χ4v) is 4.00. The third-order valence-electron chi connectivity index (χ3n) is 5.44. The van der Waals surface area contributed by atoms with E-state index >= 15 is 0 Å². The van der Waals surface area contributed by atoms with Gasteiger partial charge in [0.15, 0.2) is 0 Å². The third-order valence-corrected chi connectivity index (χ3v) is 5.85. The summed E-state index contributed by atoms with van der Waals surface area (Å²) in [6.45, 7) is 6.02. The summed E-state index contributed by atoms with van der Waals surface area (Å²) in [4.78, 5) is 29.8. The second-order valence-corrected chi connectivity index (χ2v) is 7.71. The van der Waals surface area contributed by atoms with E-state index in [-0.39, 0.29) is 17.9 Å². The van der Waals surface area contributed by atoms with Gasteiger partial charge >= 0.3 is 0 Å². The minimum absolute atomic E-state index is 0.0367. The van der Waals surface area contributed by atoms with Gasteiger partial charge in [0.2, 0.25) is 0 Å². The molecule has 0 aliphatic carbocycles. The van der Waals surface area contributed by atoms with Crippen molar-refractivity contribution in [3.05, 3.63) is 70.2 Å². The van der Waals surface area contributed by atoms with Crippen LogP contribution < -0.4 is 0 Å². The van der Waals surface area contributed by atoms with Crippen molar-refractivity contribution in [1.82, 2.24) is 9.80 Å². The zero-order valence-electron chi connectivity index (χ0n) is 16.5. The SMILES string of the molecule is CCCN(C(=O)c1cccc(Cl)c1C)C1CCN(C(=O)c2ccccc2)CC1. The summed E-state index contributed by atoms with van der Waals surface area (Å²) < 4.78 is 0. The van der Waals surface area contributed by atoms with E-state index in [1.807, 2.05) is 65.3 Å². The van der Waals surface area contributed by atoms with Crippen molar-refractivity contribution in [1.29, 1.82) is 0 Å². The van der Waals surface area contributed by atoms with Crippen LogP contribution in [-0.4, -0.2) is 47.3 Å². The molecule has 1 aliphatic rings. The molecule has 0 radical (unpaired) electrons. The van der Waals surface area contributed by atoms with Crippen LogP contribution in [0.4, 0.5) is 0 Å². The number of piperidine rings is 1. The topological polar surface area (TPSA) is 40.6 Å². The molecule has 1 aliphatic heterocycles.